The molecule has 2 aliphatic carbocycles. The summed E-state index contributed by atoms with van der Waals surface area (Å²) < 4.78 is 10.1. The van der Waals surface area contributed by atoms with Crippen LogP contribution < -0.4 is 17.0 Å². The van der Waals surface area contributed by atoms with Crippen molar-refractivity contribution in [3.8, 4) is 0 Å². The number of methoxy groups -OCH3 is 2. The Morgan fingerprint density at radius 3 is 1.55 bits per heavy atom. The van der Waals surface area contributed by atoms with Crippen molar-refractivity contribution in [3.05, 3.63) is 76.1 Å². The van der Waals surface area contributed by atoms with Crippen LogP contribution in [0.15, 0.2) is 53.0 Å². The van der Waals surface area contributed by atoms with Gasteiger partial charge >= 0.3 is 35.0 Å². The second-order valence-electron chi connectivity index (χ2n) is 6.25. The Hall–Kier alpha value is -0.894. The number of esters is 2. The standard InChI is InChI=1S/C11H12O2.C8H7BrO2.C3H5.BrH.Mg/c1-13-11(12)10-6-4-9(5-7-10)8-2-3-8;1-11-8(10)6-2-4-7(9)5-3-6;1-2-3-1;;/h4-8H,2-3H2,1H3;2-5H,1H3;1H,2-3H2;1H;/q;;-1;;+2/p-1. The number of carbonyl (C=O) groups excluding carboxylic acids is 2. The fraction of sp³-hybridized carbons (Fsp3) is 0.318. The van der Waals surface area contributed by atoms with Gasteiger partial charge in [-0.1, -0.05) is 28.1 Å². The molecule has 4 nitrogen and oxygen atoms in total. The molecule has 2 aliphatic rings. The van der Waals surface area contributed by atoms with Gasteiger partial charge < -0.3 is 32.9 Å². The second-order valence-corrected chi connectivity index (χ2v) is 7.17. The molecule has 4 rings (SSSR count). The van der Waals surface area contributed by atoms with Crippen LogP contribution in [0.5, 0.6) is 0 Å². The van der Waals surface area contributed by atoms with E-state index in [0.29, 0.717) is 11.1 Å². The third-order valence-electron chi connectivity index (χ3n) is 3.93. The van der Waals surface area contributed by atoms with Crippen molar-refractivity contribution < 1.29 is 36.0 Å². The topological polar surface area (TPSA) is 52.6 Å². The van der Waals surface area contributed by atoms with Crippen molar-refractivity contribution in [2.45, 2.75) is 31.6 Å². The fourth-order valence-electron chi connectivity index (χ4n) is 2.13. The number of hydrogen-bond acceptors (Lipinski definition) is 4. The van der Waals surface area contributed by atoms with Crippen molar-refractivity contribution in [2.24, 2.45) is 0 Å². The van der Waals surface area contributed by atoms with E-state index >= 15 is 0 Å². The molecule has 0 aliphatic heterocycles. The van der Waals surface area contributed by atoms with Crippen molar-refractivity contribution >= 4 is 50.9 Å². The molecule has 29 heavy (non-hydrogen) atoms. The summed E-state index contributed by atoms with van der Waals surface area (Å²) in [4.78, 5) is 22.0. The summed E-state index contributed by atoms with van der Waals surface area (Å²) in [5, 5.41) is 0. The van der Waals surface area contributed by atoms with Gasteiger partial charge in [0, 0.05) is 4.47 Å². The molecule has 0 heterocycles. The average molecular weight is 537 g/mol. The molecule has 0 saturated heterocycles. The van der Waals surface area contributed by atoms with E-state index in [-0.39, 0.29) is 52.0 Å². The van der Waals surface area contributed by atoms with E-state index in [0.717, 1.165) is 10.4 Å². The Morgan fingerprint density at radius 2 is 1.24 bits per heavy atom. The van der Waals surface area contributed by atoms with Crippen LogP contribution >= 0.6 is 15.9 Å². The third kappa shape index (κ3) is 11.2. The first-order chi connectivity index (χ1) is 13.0. The van der Waals surface area contributed by atoms with Crippen LogP contribution in [-0.4, -0.2) is 49.2 Å². The maximum absolute atomic E-state index is 11.1. The first-order valence-corrected chi connectivity index (χ1v) is 9.68. The normalized spacial score (nSPS) is 12.9. The summed E-state index contributed by atoms with van der Waals surface area (Å²) >= 11 is 3.26. The van der Waals surface area contributed by atoms with Crippen LogP contribution in [0.1, 0.15) is 57.9 Å². The van der Waals surface area contributed by atoms with Crippen molar-refractivity contribution in [2.75, 3.05) is 14.2 Å². The van der Waals surface area contributed by atoms with Crippen LogP contribution in [0.3, 0.4) is 0 Å². The van der Waals surface area contributed by atoms with E-state index in [2.05, 4.69) is 31.8 Å². The van der Waals surface area contributed by atoms with Gasteiger partial charge in [0.15, 0.2) is 0 Å². The van der Waals surface area contributed by atoms with Gasteiger partial charge in [0.1, 0.15) is 0 Å². The van der Waals surface area contributed by atoms with E-state index in [1.807, 2.05) is 24.3 Å². The van der Waals surface area contributed by atoms with E-state index in [1.54, 1.807) is 24.3 Å². The molecule has 0 N–H and O–H groups in total. The van der Waals surface area contributed by atoms with E-state index in [4.69, 9.17) is 0 Å². The zero-order valence-electron chi connectivity index (χ0n) is 16.7. The zero-order valence-corrected chi connectivity index (χ0v) is 21.3. The third-order valence-corrected chi connectivity index (χ3v) is 4.46. The minimum absolute atomic E-state index is 0. The van der Waals surface area contributed by atoms with Crippen molar-refractivity contribution in [3.63, 3.8) is 0 Å². The monoisotopic (exact) mass is 534 g/mol. The van der Waals surface area contributed by atoms with Crippen LogP contribution in [0, 0.1) is 6.42 Å². The quantitative estimate of drug-likeness (QED) is 0.343. The summed E-state index contributed by atoms with van der Waals surface area (Å²) in [7, 11) is 2.77. The Balaban J connectivity index is 0.000000448. The van der Waals surface area contributed by atoms with Crippen LogP contribution in [-0.2, 0) is 9.47 Å². The van der Waals surface area contributed by atoms with Gasteiger partial charge in [-0.05, 0) is 60.7 Å². The smallest absolute Gasteiger partial charge is 1.00 e. The van der Waals surface area contributed by atoms with Crippen LogP contribution in [0.2, 0.25) is 0 Å². The first kappa shape index (κ1) is 28.1. The van der Waals surface area contributed by atoms with Gasteiger partial charge in [-0.3, -0.25) is 0 Å². The van der Waals surface area contributed by atoms with Gasteiger partial charge in [-0.15, -0.1) is 0 Å². The molecule has 0 amide bonds. The fourth-order valence-corrected chi connectivity index (χ4v) is 2.39. The van der Waals surface area contributed by atoms with Gasteiger partial charge in [-0.2, -0.15) is 0 Å². The van der Waals surface area contributed by atoms with Gasteiger partial charge in [0.2, 0.25) is 0 Å². The summed E-state index contributed by atoms with van der Waals surface area (Å²) in [5.41, 5.74) is 2.54. The predicted molar refractivity (Wildman–Crippen MR) is 115 cm³/mol. The Labute approximate surface area is 207 Å². The number of ether oxygens (including phenoxy) is 2. The molecule has 0 unspecified atom stereocenters. The summed E-state index contributed by atoms with van der Waals surface area (Å²) in [5.74, 6) is 0.173. The van der Waals surface area contributed by atoms with Crippen molar-refractivity contribution in [1.82, 2.24) is 0 Å². The van der Waals surface area contributed by atoms with E-state index < -0.39 is 0 Å². The van der Waals surface area contributed by atoms with Gasteiger partial charge in [-0.25, -0.2) is 22.4 Å². The van der Waals surface area contributed by atoms with Gasteiger partial charge in [0.05, 0.1) is 25.3 Å². The second kappa shape index (κ2) is 15.0. The molecule has 0 atom stereocenters. The minimum atomic E-state index is -0.308. The van der Waals surface area contributed by atoms with Crippen molar-refractivity contribution in [1.29, 1.82) is 0 Å². The maximum Gasteiger partial charge on any atom is 2.00 e. The molecule has 2 aromatic rings. The number of carbonyl (C=O) groups is 2. The van der Waals surface area contributed by atoms with Crippen LogP contribution in [0.25, 0.3) is 0 Å². The summed E-state index contributed by atoms with van der Waals surface area (Å²) in [6.07, 6.45) is 7.58. The average Bonchev–Trinajstić information content (AvgIpc) is 3.60. The molecule has 0 radical (unpaired) electrons. The SMILES string of the molecule is COC(=O)c1ccc(Br)cc1.COC(=O)c1ccc(C2CC2)cc1.[Br-].[CH-]1CC1.[Mg+2]. The minimum Gasteiger partial charge on any atom is -1.00 e. The van der Waals surface area contributed by atoms with E-state index in [1.165, 1.54) is 45.5 Å². The summed E-state index contributed by atoms with van der Waals surface area (Å²) in [6.45, 7) is 0. The molecule has 2 fully saturated rings. The molecular weight excluding hydrogens is 512 g/mol. The Kier molecular flexibility index (Phi) is 14.5. The molecular formula is C22H24Br2MgO4. The molecule has 152 valence electrons. The molecule has 2 aromatic carbocycles. The molecule has 2 saturated carbocycles. The number of rotatable bonds is 3. The molecule has 0 spiro atoms. The first-order valence-electron chi connectivity index (χ1n) is 8.89. The van der Waals surface area contributed by atoms with Gasteiger partial charge in [0.25, 0.3) is 0 Å². The Bertz CT molecular complexity index is 740. The number of hydrogen-bond donors (Lipinski definition) is 0. The number of benzene rings is 2. The maximum atomic E-state index is 11.1. The molecule has 0 bridgehead atoms. The molecule has 7 heteroatoms. The number of halogens is 2. The predicted octanol–water partition coefficient (Wildman–Crippen LogP) is 2.19. The van der Waals surface area contributed by atoms with E-state index in [9.17, 15) is 9.59 Å². The Morgan fingerprint density at radius 1 is 0.862 bits per heavy atom. The van der Waals surface area contributed by atoms with Crippen LogP contribution in [0.4, 0.5) is 0 Å². The summed E-state index contributed by atoms with van der Waals surface area (Å²) in [6, 6.07) is 14.7. The largest absolute Gasteiger partial charge is 2.00 e. The molecule has 0 aromatic heterocycles. The zero-order chi connectivity index (χ0) is 19.6.